The minimum Gasteiger partial charge on any atom is -0.352 e. The number of rotatable bonds is 6. The number of sulfonamides is 1. The number of aryl methyl sites for hydroxylation is 1. The Morgan fingerprint density at radius 3 is 2.57 bits per heavy atom. The van der Waals surface area contributed by atoms with Crippen LogP contribution in [0.1, 0.15) is 38.3 Å². The number of hydrogen-bond acceptors (Lipinski definition) is 3. The van der Waals surface area contributed by atoms with Crippen molar-refractivity contribution in [2.45, 2.75) is 44.0 Å². The minimum atomic E-state index is -3.34. The van der Waals surface area contributed by atoms with E-state index in [1.807, 2.05) is 18.7 Å². The lowest BCUT2D eigenvalue weighted by atomic mass is 9.94. The summed E-state index contributed by atoms with van der Waals surface area (Å²) in [7, 11) is 0.413. The van der Waals surface area contributed by atoms with E-state index in [-0.39, 0.29) is 0 Å². The summed E-state index contributed by atoms with van der Waals surface area (Å²) in [4.78, 5) is 0.421. The number of nitrogens with zero attached hydrogens (tertiary/aromatic N) is 2. The maximum Gasteiger partial charge on any atom is 0.244 e. The van der Waals surface area contributed by atoms with Gasteiger partial charge in [0.2, 0.25) is 10.0 Å². The number of aromatic nitrogens is 1. The normalized spacial score (nSPS) is 18.2. The van der Waals surface area contributed by atoms with Gasteiger partial charge in [0.05, 0.1) is 0 Å². The highest BCUT2D eigenvalue weighted by Crippen LogP contribution is 2.27. The van der Waals surface area contributed by atoms with E-state index in [1.54, 1.807) is 16.6 Å². The SMILES string of the molecule is CCCC1CCN(S(=O)(=O)c2cc(CNC)n(C)c2)CC1. The van der Waals surface area contributed by atoms with Gasteiger partial charge < -0.3 is 9.88 Å². The molecule has 1 aliphatic rings. The molecule has 1 aromatic heterocycles. The molecule has 1 fully saturated rings. The van der Waals surface area contributed by atoms with Crippen molar-refractivity contribution in [3.8, 4) is 0 Å². The van der Waals surface area contributed by atoms with Crippen LogP contribution in [0.4, 0.5) is 0 Å². The quantitative estimate of drug-likeness (QED) is 0.873. The van der Waals surface area contributed by atoms with Gasteiger partial charge in [-0.1, -0.05) is 19.8 Å². The molecule has 0 spiro atoms. The fourth-order valence-corrected chi connectivity index (χ4v) is 4.64. The maximum atomic E-state index is 12.7. The molecule has 0 unspecified atom stereocenters. The predicted octanol–water partition coefficient (Wildman–Crippen LogP) is 1.95. The number of hydrogen-bond donors (Lipinski definition) is 1. The molecule has 2 rings (SSSR count). The van der Waals surface area contributed by atoms with Gasteiger partial charge in [-0.05, 0) is 31.9 Å². The summed E-state index contributed by atoms with van der Waals surface area (Å²) < 4.78 is 29.0. The largest absolute Gasteiger partial charge is 0.352 e. The van der Waals surface area contributed by atoms with Crippen LogP contribution >= 0.6 is 0 Å². The second-order valence-corrected chi connectivity index (χ2v) is 7.88. The van der Waals surface area contributed by atoms with Gasteiger partial charge in [-0.2, -0.15) is 4.31 Å². The molecule has 1 aromatic rings. The Morgan fingerprint density at radius 1 is 1.33 bits per heavy atom. The molecule has 0 amide bonds. The molecule has 2 heterocycles. The van der Waals surface area contributed by atoms with Gasteiger partial charge in [-0.25, -0.2) is 8.42 Å². The summed E-state index contributed by atoms with van der Waals surface area (Å²) in [5, 5.41) is 3.06. The third-order valence-corrected chi connectivity index (χ3v) is 6.21. The number of piperidine rings is 1. The lowest BCUT2D eigenvalue weighted by Crippen LogP contribution is -2.38. The molecule has 0 atom stereocenters. The second-order valence-electron chi connectivity index (χ2n) is 5.94. The van der Waals surface area contributed by atoms with Crippen molar-refractivity contribution in [2.75, 3.05) is 20.1 Å². The van der Waals surface area contributed by atoms with Crippen molar-refractivity contribution in [2.24, 2.45) is 13.0 Å². The smallest absolute Gasteiger partial charge is 0.244 e. The van der Waals surface area contributed by atoms with Crippen molar-refractivity contribution >= 4 is 10.0 Å². The molecule has 1 aliphatic heterocycles. The average molecular weight is 313 g/mol. The standard InChI is InChI=1S/C15H27N3O2S/c1-4-5-13-6-8-18(9-7-13)21(19,20)15-10-14(11-16-2)17(3)12-15/h10,12-13,16H,4-9,11H2,1-3H3. The zero-order chi connectivity index (χ0) is 15.5. The Morgan fingerprint density at radius 2 is 2.00 bits per heavy atom. The van der Waals surface area contributed by atoms with Crippen LogP contribution in [0.15, 0.2) is 17.2 Å². The van der Waals surface area contributed by atoms with E-state index in [4.69, 9.17) is 0 Å². The average Bonchev–Trinajstić information content (AvgIpc) is 2.82. The summed E-state index contributed by atoms with van der Waals surface area (Å²) in [6, 6.07) is 1.78. The van der Waals surface area contributed by atoms with Crippen LogP contribution in [0.25, 0.3) is 0 Å². The van der Waals surface area contributed by atoms with Gasteiger partial charge in [0.25, 0.3) is 0 Å². The van der Waals surface area contributed by atoms with Crippen molar-refractivity contribution in [1.82, 2.24) is 14.2 Å². The van der Waals surface area contributed by atoms with Gasteiger partial charge in [-0.3, -0.25) is 0 Å². The van der Waals surface area contributed by atoms with Gasteiger partial charge in [-0.15, -0.1) is 0 Å². The topological polar surface area (TPSA) is 54.3 Å². The van der Waals surface area contributed by atoms with Crippen LogP contribution in [0.2, 0.25) is 0 Å². The highest BCUT2D eigenvalue weighted by Gasteiger charge is 2.30. The first kappa shape index (κ1) is 16.5. The summed E-state index contributed by atoms with van der Waals surface area (Å²) in [5.74, 6) is 0.692. The van der Waals surface area contributed by atoms with E-state index in [2.05, 4.69) is 12.2 Å². The van der Waals surface area contributed by atoms with E-state index >= 15 is 0 Å². The van der Waals surface area contributed by atoms with Crippen LogP contribution in [0, 0.1) is 5.92 Å². The molecular formula is C15H27N3O2S. The lowest BCUT2D eigenvalue weighted by Gasteiger charge is -2.30. The molecule has 120 valence electrons. The number of nitrogens with one attached hydrogen (secondary N) is 1. The Hall–Kier alpha value is -0.850. The Bertz CT molecular complexity index is 557. The summed E-state index contributed by atoms with van der Waals surface area (Å²) >= 11 is 0. The predicted molar refractivity (Wildman–Crippen MR) is 84.6 cm³/mol. The highest BCUT2D eigenvalue weighted by molar-refractivity contribution is 7.89. The van der Waals surface area contributed by atoms with E-state index in [0.717, 1.165) is 18.5 Å². The molecule has 0 radical (unpaired) electrons. The van der Waals surface area contributed by atoms with E-state index in [1.165, 1.54) is 12.8 Å². The summed E-state index contributed by atoms with van der Waals surface area (Å²) in [6.07, 6.45) is 6.10. The van der Waals surface area contributed by atoms with Gasteiger partial charge in [0, 0.05) is 38.6 Å². The van der Waals surface area contributed by atoms with E-state index in [0.29, 0.717) is 30.4 Å². The minimum absolute atomic E-state index is 0.421. The Labute approximate surface area is 128 Å². The lowest BCUT2D eigenvalue weighted by molar-refractivity contribution is 0.262. The molecule has 5 nitrogen and oxygen atoms in total. The molecule has 0 bridgehead atoms. The highest BCUT2D eigenvalue weighted by atomic mass is 32.2. The van der Waals surface area contributed by atoms with Gasteiger partial charge in [0.1, 0.15) is 4.90 Å². The van der Waals surface area contributed by atoms with Crippen molar-refractivity contribution < 1.29 is 8.42 Å². The van der Waals surface area contributed by atoms with Crippen LogP contribution in [-0.4, -0.2) is 37.4 Å². The zero-order valence-electron chi connectivity index (χ0n) is 13.3. The van der Waals surface area contributed by atoms with Crippen LogP contribution in [0.5, 0.6) is 0 Å². The maximum absolute atomic E-state index is 12.7. The summed E-state index contributed by atoms with van der Waals surface area (Å²) in [5.41, 5.74) is 0.983. The molecule has 0 aliphatic carbocycles. The zero-order valence-corrected chi connectivity index (χ0v) is 14.1. The Balaban J connectivity index is 2.10. The molecule has 1 saturated heterocycles. The first-order valence-corrected chi connectivity index (χ1v) is 9.23. The fraction of sp³-hybridized carbons (Fsp3) is 0.733. The fourth-order valence-electron chi connectivity index (χ4n) is 3.07. The van der Waals surface area contributed by atoms with Crippen LogP contribution in [-0.2, 0) is 23.6 Å². The molecule has 1 N–H and O–H groups in total. The molecular weight excluding hydrogens is 286 g/mol. The first-order chi connectivity index (χ1) is 9.98. The van der Waals surface area contributed by atoms with Gasteiger partial charge >= 0.3 is 0 Å². The van der Waals surface area contributed by atoms with Crippen LogP contribution < -0.4 is 5.32 Å². The van der Waals surface area contributed by atoms with Crippen LogP contribution in [0.3, 0.4) is 0 Å². The van der Waals surface area contributed by atoms with Crippen molar-refractivity contribution in [3.05, 3.63) is 18.0 Å². The van der Waals surface area contributed by atoms with E-state index < -0.39 is 10.0 Å². The first-order valence-electron chi connectivity index (χ1n) is 7.79. The Kier molecular flexibility index (Phi) is 5.46. The van der Waals surface area contributed by atoms with E-state index in [9.17, 15) is 8.42 Å². The monoisotopic (exact) mass is 313 g/mol. The van der Waals surface area contributed by atoms with Gasteiger partial charge in [0.15, 0.2) is 0 Å². The molecule has 0 saturated carbocycles. The molecule has 21 heavy (non-hydrogen) atoms. The molecule has 6 heteroatoms. The van der Waals surface area contributed by atoms with Crippen molar-refractivity contribution in [1.29, 1.82) is 0 Å². The third kappa shape index (κ3) is 3.67. The molecule has 0 aromatic carbocycles. The summed E-state index contributed by atoms with van der Waals surface area (Å²) in [6.45, 7) is 4.17. The second kappa shape index (κ2) is 6.94. The van der Waals surface area contributed by atoms with Crippen molar-refractivity contribution in [3.63, 3.8) is 0 Å². The third-order valence-electron chi connectivity index (χ3n) is 4.35.